The van der Waals surface area contributed by atoms with Crippen molar-refractivity contribution in [2.45, 2.75) is 13.2 Å². The summed E-state index contributed by atoms with van der Waals surface area (Å²) in [5, 5.41) is 6.71. The summed E-state index contributed by atoms with van der Waals surface area (Å²) in [5.74, 6) is 2.08. The summed E-state index contributed by atoms with van der Waals surface area (Å²) in [7, 11) is 3.53. The Morgan fingerprint density at radius 1 is 1.28 bits per heavy atom. The molecule has 0 aliphatic rings. The zero-order valence-corrected chi connectivity index (χ0v) is 10.5. The molecule has 0 unspecified atom stereocenters. The van der Waals surface area contributed by atoms with Crippen molar-refractivity contribution in [1.29, 1.82) is 0 Å². The van der Waals surface area contributed by atoms with E-state index >= 15 is 0 Å². The van der Waals surface area contributed by atoms with E-state index in [0.717, 1.165) is 12.1 Å². The van der Waals surface area contributed by atoms with Crippen LogP contribution in [-0.2, 0) is 13.2 Å². The highest BCUT2D eigenvalue weighted by molar-refractivity contribution is 5.43. The minimum absolute atomic E-state index is 0.335. The Morgan fingerprint density at radius 2 is 2.17 bits per heavy atom. The van der Waals surface area contributed by atoms with Crippen molar-refractivity contribution in [3.63, 3.8) is 0 Å². The molecule has 0 bridgehead atoms. The monoisotopic (exact) mass is 248 g/mol. The summed E-state index contributed by atoms with van der Waals surface area (Å²) in [6.45, 7) is 1.13. The summed E-state index contributed by atoms with van der Waals surface area (Å²) in [6.07, 6.45) is 1.59. The highest BCUT2D eigenvalue weighted by Crippen LogP contribution is 2.28. The van der Waals surface area contributed by atoms with Crippen molar-refractivity contribution in [3.05, 3.63) is 41.8 Å². The van der Waals surface area contributed by atoms with Crippen LogP contribution >= 0.6 is 0 Å². The maximum atomic E-state index is 5.63. The van der Waals surface area contributed by atoms with Gasteiger partial charge in [0, 0.05) is 12.6 Å². The number of hydrogen-bond donors (Lipinski definition) is 1. The lowest BCUT2D eigenvalue weighted by atomic mass is 10.2. The standard InChI is InChI=1S/C13H16N2O3/c1-14-8-10-3-4-12(13(7-10)16-2)17-9-11-5-6-15-18-11/h3-7,14H,8-9H2,1-2H3. The van der Waals surface area contributed by atoms with Crippen LogP contribution in [0.1, 0.15) is 11.3 Å². The predicted octanol–water partition coefficient (Wildman–Crippen LogP) is 1.98. The molecule has 0 spiro atoms. The fourth-order valence-corrected chi connectivity index (χ4v) is 1.61. The van der Waals surface area contributed by atoms with E-state index in [2.05, 4.69) is 10.5 Å². The molecule has 2 rings (SSSR count). The number of benzene rings is 1. The van der Waals surface area contributed by atoms with Crippen LogP contribution in [0.15, 0.2) is 35.0 Å². The molecule has 18 heavy (non-hydrogen) atoms. The summed E-state index contributed by atoms with van der Waals surface area (Å²) < 4.78 is 15.9. The van der Waals surface area contributed by atoms with E-state index in [1.165, 1.54) is 0 Å². The van der Waals surface area contributed by atoms with E-state index in [1.807, 2.05) is 25.2 Å². The first-order valence-corrected chi connectivity index (χ1v) is 5.67. The Morgan fingerprint density at radius 3 is 2.83 bits per heavy atom. The first kappa shape index (κ1) is 12.4. The molecule has 0 saturated heterocycles. The smallest absolute Gasteiger partial charge is 0.174 e. The molecule has 0 atom stereocenters. The normalized spacial score (nSPS) is 10.3. The summed E-state index contributed by atoms with van der Waals surface area (Å²) in [6, 6.07) is 7.60. The fourth-order valence-electron chi connectivity index (χ4n) is 1.61. The number of hydrogen-bond acceptors (Lipinski definition) is 5. The molecule has 5 nitrogen and oxygen atoms in total. The van der Waals surface area contributed by atoms with Crippen molar-refractivity contribution in [2.24, 2.45) is 0 Å². The Hall–Kier alpha value is -2.01. The number of methoxy groups -OCH3 is 1. The highest BCUT2D eigenvalue weighted by Gasteiger charge is 2.07. The molecule has 96 valence electrons. The lowest BCUT2D eigenvalue weighted by molar-refractivity contribution is 0.239. The fraction of sp³-hybridized carbons (Fsp3) is 0.308. The summed E-state index contributed by atoms with van der Waals surface area (Å²) >= 11 is 0. The van der Waals surface area contributed by atoms with Gasteiger partial charge >= 0.3 is 0 Å². The quantitative estimate of drug-likeness (QED) is 0.847. The molecule has 1 N–H and O–H groups in total. The van der Waals surface area contributed by atoms with Crippen LogP contribution in [0.3, 0.4) is 0 Å². The largest absolute Gasteiger partial charge is 0.493 e. The summed E-state index contributed by atoms with van der Waals surface area (Å²) in [5.41, 5.74) is 1.14. The van der Waals surface area contributed by atoms with Gasteiger partial charge in [-0.25, -0.2) is 0 Å². The van der Waals surface area contributed by atoms with E-state index in [4.69, 9.17) is 14.0 Å². The molecule has 0 aliphatic heterocycles. The Labute approximate surface area is 106 Å². The number of rotatable bonds is 6. The second-order valence-electron chi connectivity index (χ2n) is 3.78. The van der Waals surface area contributed by atoms with Crippen molar-refractivity contribution in [1.82, 2.24) is 10.5 Å². The number of nitrogens with zero attached hydrogens (tertiary/aromatic N) is 1. The predicted molar refractivity (Wildman–Crippen MR) is 66.6 cm³/mol. The molecule has 1 aromatic heterocycles. The average molecular weight is 248 g/mol. The van der Waals surface area contributed by atoms with E-state index in [-0.39, 0.29) is 0 Å². The van der Waals surface area contributed by atoms with Crippen molar-refractivity contribution < 1.29 is 14.0 Å². The van der Waals surface area contributed by atoms with E-state index in [0.29, 0.717) is 23.9 Å². The molecular weight excluding hydrogens is 232 g/mol. The van der Waals surface area contributed by atoms with Crippen molar-refractivity contribution in [2.75, 3.05) is 14.2 Å². The maximum Gasteiger partial charge on any atom is 0.174 e. The molecule has 2 aromatic rings. The van der Waals surface area contributed by atoms with E-state index in [1.54, 1.807) is 19.4 Å². The summed E-state index contributed by atoms with van der Waals surface area (Å²) in [4.78, 5) is 0. The first-order chi connectivity index (χ1) is 8.83. The van der Waals surface area contributed by atoms with Crippen LogP contribution in [0, 0.1) is 0 Å². The molecule has 0 saturated carbocycles. The number of aromatic nitrogens is 1. The van der Waals surface area contributed by atoms with Gasteiger partial charge in [0.25, 0.3) is 0 Å². The van der Waals surface area contributed by atoms with Crippen LogP contribution in [-0.4, -0.2) is 19.3 Å². The van der Waals surface area contributed by atoms with Crippen LogP contribution in [0.5, 0.6) is 11.5 Å². The van der Waals surface area contributed by atoms with Gasteiger partial charge in [-0.2, -0.15) is 0 Å². The second kappa shape index (κ2) is 6.07. The van der Waals surface area contributed by atoms with Gasteiger partial charge in [-0.1, -0.05) is 11.2 Å². The lowest BCUT2D eigenvalue weighted by Gasteiger charge is -2.11. The van der Waals surface area contributed by atoms with Crippen LogP contribution < -0.4 is 14.8 Å². The molecule has 1 aromatic carbocycles. The molecule has 0 fully saturated rings. The van der Waals surface area contributed by atoms with Gasteiger partial charge in [-0.05, 0) is 24.7 Å². The second-order valence-corrected chi connectivity index (χ2v) is 3.78. The van der Waals surface area contributed by atoms with Crippen molar-refractivity contribution >= 4 is 0 Å². The lowest BCUT2D eigenvalue weighted by Crippen LogP contribution is -2.05. The van der Waals surface area contributed by atoms with E-state index < -0.39 is 0 Å². The highest BCUT2D eigenvalue weighted by atomic mass is 16.5. The van der Waals surface area contributed by atoms with Gasteiger partial charge in [-0.15, -0.1) is 0 Å². The minimum atomic E-state index is 0.335. The average Bonchev–Trinajstić information content (AvgIpc) is 2.90. The molecule has 0 aliphatic carbocycles. The van der Waals surface area contributed by atoms with Crippen LogP contribution in [0.25, 0.3) is 0 Å². The Kier molecular flexibility index (Phi) is 4.20. The zero-order valence-electron chi connectivity index (χ0n) is 10.5. The Balaban J connectivity index is 2.07. The van der Waals surface area contributed by atoms with Gasteiger partial charge < -0.3 is 19.3 Å². The minimum Gasteiger partial charge on any atom is -0.493 e. The van der Waals surface area contributed by atoms with Gasteiger partial charge in [0.05, 0.1) is 13.3 Å². The molecule has 1 heterocycles. The van der Waals surface area contributed by atoms with Crippen molar-refractivity contribution in [3.8, 4) is 11.5 Å². The first-order valence-electron chi connectivity index (χ1n) is 5.67. The van der Waals surface area contributed by atoms with Gasteiger partial charge in [0.15, 0.2) is 17.3 Å². The third kappa shape index (κ3) is 3.01. The van der Waals surface area contributed by atoms with Gasteiger partial charge in [0.2, 0.25) is 0 Å². The topological polar surface area (TPSA) is 56.5 Å². The van der Waals surface area contributed by atoms with Crippen LogP contribution in [0.2, 0.25) is 0 Å². The molecule has 0 radical (unpaired) electrons. The zero-order chi connectivity index (χ0) is 12.8. The van der Waals surface area contributed by atoms with Gasteiger partial charge in [-0.3, -0.25) is 0 Å². The number of nitrogens with one attached hydrogen (secondary N) is 1. The number of ether oxygens (including phenoxy) is 2. The maximum absolute atomic E-state index is 5.63. The van der Waals surface area contributed by atoms with Gasteiger partial charge in [0.1, 0.15) is 6.61 Å². The molecular formula is C13H16N2O3. The third-order valence-electron chi connectivity index (χ3n) is 2.47. The molecule has 5 heteroatoms. The SMILES string of the molecule is CNCc1ccc(OCc2ccno2)c(OC)c1. The third-order valence-corrected chi connectivity index (χ3v) is 2.47. The Bertz CT molecular complexity index is 483. The molecule has 0 amide bonds. The van der Waals surface area contributed by atoms with E-state index in [9.17, 15) is 0 Å². The van der Waals surface area contributed by atoms with Crippen LogP contribution in [0.4, 0.5) is 0 Å².